The van der Waals surface area contributed by atoms with E-state index in [-0.39, 0.29) is 42.6 Å². The summed E-state index contributed by atoms with van der Waals surface area (Å²) >= 11 is 2.40. The molecule has 0 N–H and O–H groups in total. The van der Waals surface area contributed by atoms with E-state index in [1.54, 1.807) is 19.8 Å². The van der Waals surface area contributed by atoms with Crippen molar-refractivity contribution in [1.82, 2.24) is 0 Å². The van der Waals surface area contributed by atoms with Gasteiger partial charge in [-0.1, -0.05) is 0 Å². The molecule has 0 nitrogen and oxygen atoms in total. The summed E-state index contributed by atoms with van der Waals surface area (Å²) in [5.74, 6) is 0. The van der Waals surface area contributed by atoms with Crippen molar-refractivity contribution in [1.29, 1.82) is 0 Å². The van der Waals surface area contributed by atoms with Gasteiger partial charge < -0.3 is 37.2 Å². The average Bonchev–Trinajstić information content (AvgIpc) is 2.98. The first-order chi connectivity index (χ1) is 11.3. The molecule has 0 spiro atoms. The minimum Gasteiger partial charge on any atom is -1.00 e. The van der Waals surface area contributed by atoms with Gasteiger partial charge in [-0.05, 0) is 0 Å². The van der Waals surface area contributed by atoms with Crippen molar-refractivity contribution < 1.29 is 57.7 Å². The van der Waals surface area contributed by atoms with E-state index >= 15 is 0 Å². The zero-order valence-electron chi connectivity index (χ0n) is 16.9. The van der Waals surface area contributed by atoms with Gasteiger partial charge in [-0.25, -0.2) is 0 Å². The van der Waals surface area contributed by atoms with E-state index in [9.17, 15) is 0 Å². The summed E-state index contributed by atoms with van der Waals surface area (Å²) in [6.07, 6.45) is 10.9. The van der Waals surface area contributed by atoms with Crippen LogP contribution < -0.4 is 42.4 Å². The predicted octanol–water partition coefficient (Wildman–Crippen LogP) is -2.97. The van der Waals surface area contributed by atoms with Gasteiger partial charge in [0.25, 0.3) is 0 Å². The van der Waals surface area contributed by atoms with Crippen LogP contribution in [0, 0.1) is 5.41 Å². The number of allylic oxidation sites excluding steroid dienone is 4. The summed E-state index contributed by atoms with van der Waals surface area (Å²) in [5, 5.41) is 3.46. The Labute approximate surface area is 197 Å². The van der Waals surface area contributed by atoms with E-state index in [0.717, 1.165) is 5.54 Å². The maximum absolute atomic E-state index is 2.68. The van der Waals surface area contributed by atoms with Crippen LogP contribution in [0.1, 0.15) is 59.3 Å². The average molecular weight is 478 g/mol. The Morgan fingerprint density at radius 2 is 1.48 bits per heavy atom. The number of benzene rings is 1. The molecule has 1 aromatic carbocycles. The van der Waals surface area contributed by atoms with Gasteiger partial charge in [0.15, 0.2) is 0 Å². The Kier molecular flexibility index (Phi) is 11.3. The predicted molar refractivity (Wildman–Crippen MR) is 104 cm³/mol. The zero-order chi connectivity index (χ0) is 17.4. The third kappa shape index (κ3) is 5.56. The quantitative estimate of drug-likeness (QED) is 0.408. The maximum atomic E-state index is 2.68. The Bertz CT molecular complexity index is 658. The van der Waals surface area contributed by atoms with Crippen LogP contribution in [0.4, 0.5) is 0 Å². The van der Waals surface area contributed by atoms with Crippen LogP contribution in [-0.4, -0.2) is 8.07 Å². The maximum Gasteiger partial charge on any atom is -1.00 e. The standard InChI is InChI=1S/C22H31Si.3ClH.Ti/c1-22(2,3)20-16-11-17-21(20)23(4,18-12-7-5-8-13-18)19-14-9-6-10-15-19;;;;/h5,7-8,12-13,16,19H,6,9-11,14-15H2,1-4H3;3*1H;/q;;;;+3/p-3. The number of rotatable bonds is 3. The van der Waals surface area contributed by atoms with Crippen LogP contribution in [0.15, 0.2) is 51.1 Å². The molecule has 5 heteroatoms. The van der Waals surface area contributed by atoms with Gasteiger partial charge >= 0.3 is 162 Å². The molecule has 1 unspecified atom stereocenters. The number of hydrogen-bond acceptors (Lipinski definition) is 0. The SMILES string of the molecule is CC(C)(C)C1=CC[C]([Ti+3])=C1[Si](C)(c1ccccc1)C1CCCCC1.[Cl-].[Cl-].[Cl-]. The molecule has 0 aromatic heterocycles. The summed E-state index contributed by atoms with van der Waals surface area (Å²) < 4.78 is 1.66. The molecule has 148 valence electrons. The van der Waals surface area contributed by atoms with Crippen molar-refractivity contribution >= 4 is 13.3 Å². The molecule has 3 rings (SSSR count). The molecule has 0 aliphatic heterocycles. The fourth-order valence-corrected chi connectivity index (χ4v) is 11.9. The molecule has 27 heavy (non-hydrogen) atoms. The fraction of sp³-hybridized carbons (Fsp3) is 0.545. The molecular formula is C22H31Cl3SiTi. The van der Waals surface area contributed by atoms with Crippen LogP contribution in [0.25, 0.3) is 0 Å². The Balaban J connectivity index is 0.00000225. The third-order valence-corrected chi connectivity index (χ3v) is 12.7. The number of hydrogen-bond donors (Lipinski definition) is 0. The van der Waals surface area contributed by atoms with Gasteiger partial charge in [-0.2, -0.15) is 0 Å². The summed E-state index contributed by atoms with van der Waals surface area (Å²) in [6.45, 7) is 9.89. The molecule has 1 aromatic rings. The van der Waals surface area contributed by atoms with Crippen LogP contribution in [-0.2, 0) is 20.4 Å². The van der Waals surface area contributed by atoms with E-state index in [1.165, 1.54) is 38.5 Å². The van der Waals surface area contributed by atoms with E-state index in [4.69, 9.17) is 0 Å². The molecule has 0 heterocycles. The molecule has 0 amide bonds. The zero-order valence-corrected chi connectivity index (χ0v) is 21.7. The monoisotopic (exact) mass is 476 g/mol. The molecule has 2 aliphatic carbocycles. The third-order valence-electron chi connectivity index (χ3n) is 6.20. The van der Waals surface area contributed by atoms with Crippen LogP contribution >= 0.6 is 0 Å². The summed E-state index contributed by atoms with van der Waals surface area (Å²) in [7, 11) is -1.72. The first-order valence-corrected chi connectivity index (χ1v) is 12.9. The van der Waals surface area contributed by atoms with Gasteiger partial charge in [0.1, 0.15) is 0 Å². The Morgan fingerprint density at radius 3 is 2.00 bits per heavy atom. The fourth-order valence-electron chi connectivity index (χ4n) is 4.89. The molecule has 1 atom stereocenters. The molecule has 2 aliphatic rings. The molecule has 1 saturated carbocycles. The van der Waals surface area contributed by atoms with Crippen molar-refractivity contribution in [3.8, 4) is 0 Å². The van der Waals surface area contributed by atoms with E-state index in [0.29, 0.717) is 0 Å². The van der Waals surface area contributed by atoms with Crippen molar-refractivity contribution in [2.75, 3.05) is 0 Å². The van der Waals surface area contributed by atoms with Gasteiger partial charge in [-0.3, -0.25) is 0 Å². The van der Waals surface area contributed by atoms with Crippen molar-refractivity contribution in [2.24, 2.45) is 5.41 Å². The second-order valence-electron chi connectivity index (χ2n) is 8.83. The molecule has 1 fully saturated rings. The summed E-state index contributed by atoms with van der Waals surface area (Å²) in [6, 6.07) is 11.6. The first-order valence-electron chi connectivity index (χ1n) is 9.57. The van der Waals surface area contributed by atoms with Crippen LogP contribution in [0.2, 0.25) is 12.1 Å². The summed E-state index contributed by atoms with van der Waals surface area (Å²) in [5.41, 5.74) is 2.82. The van der Waals surface area contributed by atoms with Gasteiger partial charge in [-0.15, -0.1) is 0 Å². The normalized spacial score (nSPS) is 20.0. The van der Waals surface area contributed by atoms with E-state index in [1.807, 2.05) is 0 Å². The molecule has 0 saturated heterocycles. The van der Waals surface area contributed by atoms with Gasteiger partial charge in [0.2, 0.25) is 0 Å². The van der Waals surface area contributed by atoms with Gasteiger partial charge in [0, 0.05) is 0 Å². The number of halogens is 3. The van der Waals surface area contributed by atoms with Crippen molar-refractivity contribution in [3.05, 3.63) is 51.1 Å². The molecule has 0 bridgehead atoms. The Hall–Kier alpha value is 0.501. The van der Waals surface area contributed by atoms with Crippen molar-refractivity contribution in [2.45, 2.75) is 71.4 Å². The molecular weight excluding hydrogens is 447 g/mol. The van der Waals surface area contributed by atoms with E-state index < -0.39 is 8.07 Å². The smallest absolute Gasteiger partial charge is 1.00 e. The largest absolute Gasteiger partial charge is 1.00 e. The first kappa shape index (κ1) is 27.5. The van der Waals surface area contributed by atoms with E-state index in [2.05, 4.69) is 84.2 Å². The summed E-state index contributed by atoms with van der Waals surface area (Å²) in [4.78, 5) is 0. The van der Waals surface area contributed by atoms with Crippen LogP contribution in [0.3, 0.4) is 0 Å². The minimum atomic E-state index is -1.72. The minimum absolute atomic E-state index is 0. The topological polar surface area (TPSA) is 0 Å². The van der Waals surface area contributed by atoms with Crippen LogP contribution in [0.5, 0.6) is 0 Å². The second-order valence-corrected chi connectivity index (χ2v) is 14.1. The van der Waals surface area contributed by atoms with Crippen molar-refractivity contribution in [3.63, 3.8) is 0 Å². The second kappa shape index (κ2) is 11.0. The Morgan fingerprint density at radius 1 is 0.926 bits per heavy atom. The molecule has 0 radical (unpaired) electrons. The van der Waals surface area contributed by atoms with Gasteiger partial charge in [0.05, 0.1) is 0 Å².